The summed E-state index contributed by atoms with van der Waals surface area (Å²) in [5.74, 6) is -4.12. The fourth-order valence-corrected chi connectivity index (χ4v) is 7.23. The van der Waals surface area contributed by atoms with E-state index < -0.39 is 34.2 Å². The molecule has 1 fully saturated rings. The van der Waals surface area contributed by atoms with E-state index in [4.69, 9.17) is 14.2 Å². The van der Waals surface area contributed by atoms with Crippen molar-refractivity contribution in [3.63, 3.8) is 0 Å². The second kappa shape index (κ2) is 12.4. The Kier molecular flexibility index (Phi) is 8.53. The Bertz CT molecular complexity index is 1840. The third-order valence-corrected chi connectivity index (χ3v) is 9.72. The molecule has 6 rings (SSSR count). The van der Waals surface area contributed by atoms with Gasteiger partial charge in [-0.3, -0.25) is 9.59 Å². The summed E-state index contributed by atoms with van der Waals surface area (Å²) in [6, 6.07) is 16.3. The lowest BCUT2D eigenvalue weighted by molar-refractivity contribution is -0.144. The standard InChI is InChI=1S/C32H32F2N4O7S/c1-19(36-31(40)32(2,33)34)29(20-6-7-22-16-43-18-44-28(22)14-20)45-26-8-9-27-23(13-26)15-35-38(27)25-5-3-4-21(12-25)30(39)37-24-10-11-46(41,42)17-24/h3-9,12-15,19,24,29H,10-11,16-18H2,1-2H3,(H2-,36,37,39,40,41,42)/p+1/t19-,24?,29-/m0/s1. The molecule has 1 aromatic heterocycles. The predicted molar refractivity (Wildman–Crippen MR) is 166 cm³/mol. The van der Waals surface area contributed by atoms with E-state index in [-0.39, 0.29) is 30.2 Å². The molecule has 2 unspecified atom stereocenters. The Morgan fingerprint density at radius 3 is 2.76 bits per heavy atom. The number of alkyl halides is 2. The average Bonchev–Trinajstić information content (AvgIpc) is 3.60. The number of ether oxygens (including phenoxy) is 3. The highest BCUT2D eigenvalue weighted by atomic mass is 32.3. The Morgan fingerprint density at radius 2 is 2.00 bits per heavy atom. The van der Waals surface area contributed by atoms with Crippen LogP contribution in [0.25, 0.3) is 16.6 Å². The summed E-state index contributed by atoms with van der Waals surface area (Å²) < 4.78 is 68.1. The molecular weight excluding hydrogens is 622 g/mol. The Morgan fingerprint density at radius 1 is 1.17 bits per heavy atom. The van der Waals surface area contributed by atoms with Crippen molar-refractivity contribution < 1.29 is 41.3 Å². The van der Waals surface area contributed by atoms with Gasteiger partial charge in [-0.2, -0.15) is 18.4 Å². The zero-order valence-corrected chi connectivity index (χ0v) is 25.9. The number of rotatable bonds is 9. The summed E-state index contributed by atoms with van der Waals surface area (Å²) in [6.45, 7) is 2.58. The first-order chi connectivity index (χ1) is 21.9. The number of aromatic nitrogens is 2. The molecule has 3 aromatic carbocycles. The minimum atomic E-state index is -3.57. The summed E-state index contributed by atoms with van der Waals surface area (Å²) in [4.78, 5) is 25.1. The number of benzene rings is 3. The maximum atomic E-state index is 13.8. The van der Waals surface area contributed by atoms with Crippen molar-refractivity contribution >= 4 is 32.9 Å². The molecule has 46 heavy (non-hydrogen) atoms. The van der Waals surface area contributed by atoms with Crippen molar-refractivity contribution in [1.29, 1.82) is 0 Å². The van der Waals surface area contributed by atoms with Gasteiger partial charge in [-0.1, -0.05) is 22.4 Å². The first-order valence-corrected chi connectivity index (χ1v) is 16.5. The number of fused-ring (bicyclic) bond motifs is 2. The van der Waals surface area contributed by atoms with Crippen LogP contribution in [-0.4, -0.2) is 62.5 Å². The lowest BCUT2D eigenvalue weighted by atomic mass is 10.00. The molecular formula is C32H33F2N4O7S+. The van der Waals surface area contributed by atoms with Crippen molar-refractivity contribution in [2.24, 2.45) is 0 Å². The Balaban J connectivity index is 1.24. The second-order valence-electron chi connectivity index (χ2n) is 11.6. The molecule has 14 heteroatoms. The zero-order valence-electron chi connectivity index (χ0n) is 25.1. The van der Waals surface area contributed by atoms with E-state index in [0.29, 0.717) is 59.2 Å². The van der Waals surface area contributed by atoms with Gasteiger partial charge in [-0.05, 0) is 55.0 Å². The van der Waals surface area contributed by atoms with Gasteiger partial charge < -0.3 is 24.8 Å². The number of carbonyl (C=O) groups is 2. The van der Waals surface area contributed by atoms with E-state index in [0.717, 1.165) is 5.56 Å². The smallest absolute Gasteiger partial charge is 0.321 e. The normalized spacial score (nSPS) is 20.8. The highest BCUT2D eigenvalue weighted by Crippen LogP contribution is 2.33. The van der Waals surface area contributed by atoms with Crippen LogP contribution in [0.2, 0.25) is 0 Å². The molecule has 4 atom stereocenters. The zero-order chi connectivity index (χ0) is 32.6. The fourth-order valence-electron chi connectivity index (χ4n) is 5.53. The maximum absolute atomic E-state index is 13.8. The molecule has 4 aromatic rings. The van der Waals surface area contributed by atoms with Crippen LogP contribution in [0.5, 0.6) is 11.5 Å². The van der Waals surface area contributed by atoms with E-state index >= 15 is 0 Å². The van der Waals surface area contributed by atoms with E-state index in [2.05, 4.69) is 15.7 Å². The van der Waals surface area contributed by atoms with Crippen molar-refractivity contribution in [2.75, 3.05) is 18.3 Å². The van der Waals surface area contributed by atoms with Crippen LogP contribution in [-0.2, 0) is 30.6 Å². The number of amides is 2. The molecule has 242 valence electrons. The van der Waals surface area contributed by atoms with Gasteiger partial charge in [0.15, 0.2) is 12.5 Å². The molecule has 0 spiro atoms. The molecule has 0 bridgehead atoms. The maximum Gasteiger partial charge on any atom is 0.321 e. The molecule has 2 amide bonds. The molecule has 0 saturated carbocycles. The Hall–Kier alpha value is -4.40. The minimum absolute atomic E-state index is 0.0406. The van der Waals surface area contributed by atoms with E-state index in [1.807, 2.05) is 6.07 Å². The van der Waals surface area contributed by atoms with Gasteiger partial charge in [0.2, 0.25) is 10.2 Å². The quantitative estimate of drug-likeness (QED) is 0.222. The van der Waals surface area contributed by atoms with Gasteiger partial charge in [-0.15, -0.1) is 0 Å². The van der Waals surface area contributed by atoms with Gasteiger partial charge in [0.25, 0.3) is 11.8 Å². The van der Waals surface area contributed by atoms with Crippen molar-refractivity contribution in [3.05, 3.63) is 83.6 Å². The van der Waals surface area contributed by atoms with Crippen molar-refractivity contribution in [1.82, 2.24) is 20.4 Å². The van der Waals surface area contributed by atoms with Crippen LogP contribution in [0.3, 0.4) is 0 Å². The van der Waals surface area contributed by atoms with E-state index in [9.17, 15) is 27.1 Å². The molecule has 3 N–H and O–H groups in total. The predicted octanol–water partition coefficient (Wildman–Crippen LogP) is 4.65. The third kappa shape index (κ3) is 6.88. The molecule has 3 heterocycles. The summed E-state index contributed by atoms with van der Waals surface area (Å²) in [5.41, 5.74) is 3.16. The van der Waals surface area contributed by atoms with Gasteiger partial charge >= 0.3 is 5.92 Å². The van der Waals surface area contributed by atoms with E-state index in [1.54, 1.807) is 72.4 Å². The fraction of sp³-hybridized carbons (Fsp3) is 0.344. The summed E-state index contributed by atoms with van der Waals surface area (Å²) in [6.07, 6.45) is 1.22. The summed E-state index contributed by atoms with van der Waals surface area (Å²) >= 11 is 0. The second-order valence-corrected chi connectivity index (χ2v) is 13.9. The van der Waals surface area contributed by atoms with Crippen LogP contribution < -0.4 is 20.1 Å². The minimum Gasteiger partial charge on any atom is -0.484 e. The monoisotopic (exact) mass is 655 g/mol. The number of carbonyl (C=O) groups excluding carboxylic acids is 2. The lowest BCUT2D eigenvalue weighted by Crippen LogP contribution is -2.46. The molecule has 2 aliphatic rings. The lowest BCUT2D eigenvalue weighted by Gasteiger charge is -2.28. The van der Waals surface area contributed by atoms with Gasteiger partial charge in [-0.25, -0.2) is 4.68 Å². The number of nitrogens with one attached hydrogen (secondary N) is 2. The van der Waals surface area contributed by atoms with Crippen LogP contribution >= 0.6 is 0 Å². The van der Waals surface area contributed by atoms with E-state index in [1.165, 1.54) is 0 Å². The number of hydrogen-bond donors (Lipinski definition) is 3. The van der Waals surface area contributed by atoms with Gasteiger partial charge in [0, 0.05) is 29.9 Å². The van der Waals surface area contributed by atoms with Gasteiger partial charge in [0.05, 0.1) is 36.1 Å². The first kappa shape index (κ1) is 31.6. The largest absolute Gasteiger partial charge is 0.484 e. The summed E-state index contributed by atoms with van der Waals surface area (Å²) in [7, 11) is -2.89. The third-order valence-electron chi connectivity index (χ3n) is 7.92. The van der Waals surface area contributed by atoms with Crippen molar-refractivity contribution in [3.8, 4) is 17.2 Å². The summed E-state index contributed by atoms with van der Waals surface area (Å²) in [5, 5.41) is 10.4. The molecule has 1 saturated heterocycles. The number of halogens is 2. The Labute approximate surface area is 264 Å². The number of hydrogen-bond acceptors (Lipinski definition) is 7. The molecule has 0 aliphatic carbocycles. The van der Waals surface area contributed by atoms with Crippen LogP contribution in [0, 0.1) is 0 Å². The SMILES string of the molecule is C[C@H](NC(=O)C(C)(F)F)[C@H](Oc1ccc2c(cnn2-c2cccc(C(=O)NC3CC[S+](=O)(O)C3)c2)c1)c1ccc2c(c1)OCOC2. The molecule has 0 radical (unpaired) electrons. The number of nitrogens with zero attached hydrogens (tertiary/aromatic N) is 2. The van der Waals surface area contributed by atoms with Gasteiger partial charge in [0.1, 0.15) is 23.4 Å². The van der Waals surface area contributed by atoms with Crippen LogP contribution in [0.4, 0.5) is 8.78 Å². The highest BCUT2D eigenvalue weighted by molar-refractivity contribution is 7.98. The topological polar surface area (TPSA) is 141 Å². The highest BCUT2D eigenvalue weighted by Gasteiger charge is 2.39. The first-order valence-electron chi connectivity index (χ1n) is 14.7. The molecule has 11 nitrogen and oxygen atoms in total. The molecule has 2 aliphatic heterocycles. The van der Waals surface area contributed by atoms with Crippen LogP contribution in [0.1, 0.15) is 47.9 Å². The average molecular weight is 656 g/mol. The van der Waals surface area contributed by atoms with Crippen molar-refractivity contribution in [2.45, 2.75) is 51.0 Å². The van der Waals surface area contributed by atoms with Crippen LogP contribution in [0.15, 0.2) is 66.9 Å².